The maximum Gasteiger partial charge on any atom is 0.240 e. The smallest absolute Gasteiger partial charge is 0.240 e. The summed E-state index contributed by atoms with van der Waals surface area (Å²) in [5, 5.41) is 6.92. The molecule has 3 N–H and O–H groups in total. The number of fused-ring (bicyclic) bond motifs is 2. The Morgan fingerprint density at radius 2 is 1.43 bits per heavy atom. The van der Waals surface area contributed by atoms with Crippen LogP contribution in [0.15, 0.2) is 78.9 Å². The van der Waals surface area contributed by atoms with Crippen LogP contribution in [0.2, 0.25) is 0 Å². The van der Waals surface area contributed by atoms with Gasteiger partial charge in [0.1, 0.15) is 11.9 Å². The number of hydrogen-bond donors (Lipinski definition) is 2. The van der Waals surface area contributed by atoms with Crippen LogP contribution < -0.4 is 11.1 Å². The van der Waals surface area contributed by atoms with Gasteiger partial charge in [-0.25, -0.2) is 4.39 Å². The maximum atomic E-state index is 13.1. The predicted octanol–water partition coefficient (Wildman–Crippen LogP) is 3.89. The standard InChI is InChI=1S/C25H21FN2O2/c26-19-11-9-16(10-12-19)13-24(29)28-23(25(27)30)15-22-20-7-3-1-5-17(20)14-18-6-2-4-8-21(18)22/h1-12,14,23H,13,15H2,(H2,27,30)(H,28,29)/t23-/m1/s1. The fourth-order valence-corrected chi connectivity index (χ4v) is 3.79. The summed E-state index contributed by atoms with van der Waals surface area (Å²) >= 11 is 0. The number of nitrogens with one attached hydrogen (secondary N) is 1. The molecule has 0 aromatic heterocycles. The van der Waals surface area contributed by atoms with E-state index in [0.29, 0.717) is 5.56 Å². The molecule has 0 aliphatic carbocycles. The first-order valence-corrected chi connectivity index (χ1v) is 9.74. The van der Waals surface area contributed by atoms with Gasteiger partial charge in [-0.3, -0.25) is 9.59 Å². The number of carbonyl (C=O) groups excluding carboxylic acids is 2. The van der Waals surface area contributed by atoms with Crippen molar-refractivity contribution in [2.75, 3.05) is 0 Å². The minimum Gasteiger partial charge on any atom is -0.368 e. The molecule has 4 rings (SSSR count). The van der Waals surface area contributed by atoms with E-state index in [1.807, 2.05) is 48.5 Å². The molecule has 4 nitrogen and oxygen atoms in total. The van der Waals surface area contributed by atoms with Gasteiger partial charge in [-0.2, -0.15) is 0 Å². The van der Waals surface area contributed by atoms with Crippen molar-refractivity contribution in [3.63, 3.8) is 0 Å². The summed E-state index contributed by atoms with van der Waals surface area (Å²) in [4.78, 5) is 24.7. The summed E-state index contributed by atoms with van der Waals surface area (Å²) < 4.78 is 13.1. The lowest BCUT2D eigenvalue weighted by molar-refractivity contribution is -0.126. The SMILES string of the molecule is NC(=O)[C@@H](Cc1c2ccccc2cc2ccccc12)NC(=O)Cc1ccc(F)cc1. The molecule has 0 spiro atoms. The van der Waals surface area contributed by atoms with Gasteiger partial charge in [0.15, 0.2) is 0 Å². The van der Waals surface area contributed by atoms with Crippen molar-refractivity contribution in [1.82, 2.24) is 5.32 Å². The van der Waals surface area contributed by atoms with Crippen LogP contribution in [-0.2, 0) is 22.4 Å². The number of halogens is 1. The Labute approximate surface area is 173 Å². The van der Waals surface area contributed by atoms with E-state index in [4.69, 9.17) is 5.73 Å². The van der Waals surface area contributed by atoms with Gasteiger partial charge in [0.25, 0.3) is 0 Å². The van der Waals surface area contributed by atoms with Crippen LogP contribution in [-0.4, -0.2) is 17.9 Å². The van der Waals surface area contributed by atoms with E-state index >= 15 is 0 Å². The Kier molecular flexibility index (Phi) is 5.44. The van der Waals surface area contributed by atoms with Crippen LogP contribution in [0.25, 0.3) is 21.5 Å². The van der Waals surface area contributed by atoms with Crippen molar-refractivity contribution >= 4 is 33.4 Å². The minimum absolute atomic E-state index is 0.0420. The Bertz CT molecular complexity index is 1180. The number of carbonyl (C=O) groups is 2. The monoisotopic (exact) mass is 400 g/mol. The van der Waals surface area contributed by atoms with Gasteiger partial charge in [0, 0.05) is 6.42 Å². The molecular formula is C25H21FN2O2. The van der Waals surface area contributed by atoms with Crippen molar-refractivity contribution in [3.05, 3.63) is 95.8 Å². The highest BCUT2D eigenvalue weighted by molar-refractivity contribution is 6.03. The molecule has 150 valence electrons. The maximum absolute atomic E-state index is 13.1. The van der Waals surface area contributed by atoms with E-state index in [0.717, 1.165) is 27.1 Å². The first kappa shape index (κ1) is 19.6. The number of benzene rings is 4. The fraction of sp³-hybridized carbons (Fsp3) is 0.120. The van der Waals surface area contributed by atoms with Crippen LogP contribution in [0.1, 0.15) is 11.1 Å². The van der Waals surface area contributed by atoms with Crippen molar-refractivity contribution in [1.29, 1.82) is 0 Å². The molecule has 0 fully saturated rings. The predicted molar refractivity (Wildman–Crippen MR) is 116 cm³/mol. The number of hydrogen-bond acceptors (Lipinski definition) is 2. The lowest BCUT2D eigenvalue weighted by Gasteiger charge is -2.19. The summed E-state index contributed by atoms with van der Waals surface area (Å²) in [6.07, 6.45) is 0.326. The first-order valence-electron chi connectivity index (χ1n) is 9.74. The minimum atomic E-state index is -0.854. The Morgan fingerprint density at radius 1 is 0.867 bits per heavy atom. The molecule has 0 radical (unpaired) electrons. The highest BCUT2D eigenvalue weighted by atomic mass is 19.1. The second kappa shape index (κ2) is 8.33. The van der Waals surface area contributed by atoms with Crippen LogP contribution in [0, 0.1) is 5.82 Å². The second-order valence-corrected chi connectivity index (χ2v) is 7.33. The summed E-state index contributed by atoms with van der Waals surface area (Å²) in [7, 11) is 0. The normalized spacial score (nSPS) is 12.0. The molecule has 0 saturated carbocycles. The Balaban J connectivity index is 1.64. The van der Waals surface area contributed by atoms with Gasteiger partial charge < -0.3 is 11.1 Å². The molecule has 1 atom stereocenters. The molecule has 0 aliphatic heterocycles. The second-order valence-electron chi connectivity index (χ2n) is 7.33. The zero-order valence-electron chi connectivity index (χ0n) is 16.3. The van der Waals surface area contributed by atoms with Crippen LogP contribution in [0.5, 0.6) is 0 Å². The van der Waals surface area contributed by atoms with E-state index in [2.05, 4.69) is 11.4 Å². The summed E-state index contributed by atoms with van der Waals surface area (Å²) in [5.41, 5.74) is 7.26. The molecule has 0 aliphatic rings. The van der Waals surface area contributed by atoms with Gasteiger partial charge in [0.2, 0.25) is 11.8 Å². The molecular weight excluding hydrogens is 379 g/mol. The summed E-state index contributed by atoms with van der Waals surface area (Å²) in [5.74, 6) is -1.30. The third-order valence-corrected chi connectivity index (χ3v) is 5.25. The molecule has 0 saturated heterocycles. The highest BCUT2D eigenvalue weighted by Crippen LogP contribution is 2.29. The number of amides is 2. The van der Waals surface area contributed by atoms with Crippen LogP contribution in [0.4, 0.5) is 4.39 Å². The number of rotatable bonds is 6. The van der Waals surface area contributed by atoms with Crippen LogP contribution in [0.3, 0.4) is 0 Å². The van der Waals surface area contributed by atoms with Crippen molar-refractivity contribution in [2.24, 2.45) is 5.73 Å². The molecule has 4 aromatic rings. The van der Waals surface area contributed by atoms with Crippen molar-refractivity contribution in [2.45, 2.75) is 18.9 Å². The molecule has 30 heavy (non-hydrogen) atoms. The van der Waals surface area contributed by atoms with E-state index in [9.17, 15) is 14.0 Å². The third kappa shape index (κ3) is 4.15. The largest absolute Gasteiger partial charge is 0.368 e. The summed E-state index contributed by atoms with van der Waals surface area (Å²) in [6.45, 7) is 0. The molecule has 0 bridgehead atoms. The number of primary amides is 1. The lowest BCUT2D eigenvalue weighted by Crippen LogP contribution is -2.46. The quantitative estimate of drug-likeness (QED) is 0.482. The molecule has 0 heterocycles. The van der Waals surface area contributed by atoms with Crippen molar-refractivity contribution in [3.8, 4) is 0 Å². The van der Waals surface area contributed by atoms with Gasteiger partial charge >= 0.3 is 0 Å². The van der Waals surface area contributed by atoms with E-state index < -0.39 is 11.9 Å². The number of nitrogens with two attached hydrogens (primary N) is 1. The lowest BCUT2D eigenvalue weighted by atomic mass is 9.92. The van der Waals surface area contributed by atoms with Gasteiger partial charge in [-0.15, -0.1) is 0 Å². The molecule has 2 amide bonds. The van der Waals surface area contributed by atoms with Crippen molar-refractivity contribution < 1.29 is 14.0 Å². The van der Waals surface area contributed by atoms with Gasteiger partial charge in [0.05, 0.1) is 6.42 Å². The van der Waals surface area contributed by atoms with E-state index in [-0.39, 0.29) is 24.6 Å². The first-order chi connectivity index (χ1) is 14.5. The summed E-state index contributed by atoms with van der Waals surface area (Å²) in [6, 6.07) is 22.9. The average molecular weight is 400 g/mol. The third-order valence-electron chi connectivity index (χ3n) is 5.25. The fourth-order valence-electron chi connectivity index (χ4n) is 3.79. The zero-order valence-corrected chi connectivity index (χ0v) is 16.3. The molecule has 4 aromatic carbocycles. The topological polar surface area (TPSA) is 72.2 Å². The average Bonchev–Trinajstić information content (AvgIpc) is 2.74. The Morgan fingerprint density at radius 3 is 2.00 bits per heavy atom. The molecule has 5 heteroatoms. The van der Waals surface area contributed by atoms with E-state index in [1.54, 1.807) is 12.1 Å². The Hall–Kier alpha value is -3.73. The highest BCUT2D eigenvalue weighted by Gasteiger charge is 2.21. The van der Waals surface area contributed by atoms with Crippen LogP contribution >= 0.6 is 0 Å². The molecule has 0 unspecified atom stereocenters. The zero-order chi connectivity index (χ0) is 21.1. The van der Waals surface area contributed by atoms with Gasteiger partial charge in [-0.1, -0.05) is 60.7 Å². The van der Waals surface area contributed by atoms with Gasteiger partial charge in [-0.05, 0) is 50.9 Å². The van der Waals surface area contributed by atoms with E-state index in [1.165, 1.54) is 12.1 Å².